The molecule has 0 aliphatic rings. The minimum Gasteiger partial charge on any atom is -0.0877 e. The van der Waals surface area contributed by atoms with Crippen molar-refractivity contribution in [3.05, 3.63) is 54.6 Å². The van der Waals surface area contributed by atoms with Crippen LogP contribution in [0.2, 0.25) is 0 Å². The maximum absolute atomic E-state index is 2.21. The molecule has 1 heteroatoms. The molecule has 0 heterocycles. The smallest absolute Gasteiger partial charge is 0.0129 e. The summed E-state index contributed by atoms with van der Waals surface area (Å²) >= 11 is 0. The minimum absolute atomic E-state index is 0.895. The van der Waals surface area contributed by atoms with Crippen LogP contribution in [0.4, 0.5) is 0 Å². The van der Waals surface area contributed by atoms with E-state index in [0.717, 1.165) is 14.7 Å². The van der Waals surface area contributed by atoms with Crippen molar-refractivity contribution in [2.24, 2.45) is 0 Å². The fourth-order valence-corrected chi connectivity index (χ4v) is 1.91. The second-order valence-corrected chi connectivity index (χ2v) is 4.04. The van der Waals surface area contributed by atoms with Crippen LogP contribution >= 0.6 is 8.58 Å². The van der Waals surface area contributed by atoms with Gasteiger partial charge in [-0.1, -0.05) is 63.2 Å². The van der Waals surface area contributed by atoms with Crippen LogP contribution in [0.15, 0.2) is 54.6 Å². The Bertz CT molecular complexity index is 272. The highest BCUT2D eigenvalue weighted by Crippen LogP contribution is 2.08. The number of allylic oxidation sites excluding steroid dienone is 4. The van der Waals surface area contributed by atoms with Crippen molar-refractivity contribution in [2.45, 2.75) is 6.92 Å². The van der Waals surface area contributed by atoms with E-state index in [-0.39, 0.29) is 0 Å². The molecule has 1 atom stereocenters. The summed E-state index contributed by atoms with van der Waals surface area (Å²) in [6.07, 6.45) is 9.58. The largest absolute Gasteiger partial charge is 0.0877 e. The molecule has 0 saturated carbocycles. The van der Waals surface area contributed by atoms with Crippen molar-refractivity contribution in [3.8, 4) is 0 Å². The molecule has 0 aliphatic carbocycles. The first-order valence-corrected chi connectivity index (χ1v) is 5.71. The van der Waals surface area contributed by atoms with Crippen LogP contribution in [0.5, 0.6) is 0 Å². The van der Waals surface area contributed by atoms with Crippen molar-refractivity contribution in [2.75, 3.05) is 6.16 Å². The van der Waals surface area contributed by atoms with E-state index in [2.05, 4.69) is 48.6 Å². The first-order valence-electron chi connectivity index (χ1n) is 4.50. The fourth-order valence-electron chi connectivity index (χ4n) is 0.991. The van der Waals surface area contributed by atoms with E-state index in [1.165, 1.54) is 5.30 Å². The van der Waals surface area contributed by atoms with Gasteiger partial charge in [-0.15, -0.1) is 0 Å². The van der Waals surface area contributed by atoms with Crippen LogP contribution < -0.4 is 5.30 Å². The molecular formula is C12H15P. The highest BCUT2D eigenvalue weighted by atomic mass is 31.1. The Morgan fingerprint density at radius 3 is 2.62 bits per heavy atom. The summed E-state index contributed by atoms with van der Waals surface area (Å²) in [6, 6.07) is 10.6. The molecule has 1 aromatic rings. The van der Waals surface area contributed by atoms with Gasteiger partial charge in [0.2, 0.25) is 0 Å². The second-order valence-electron chi connectivity index (χ2n) is 2.70. The van der Waals surface area contributed by atoms with Crippen LogP contribution in [-0.4, -0.2) is 6.16 Å². The quantitative estimate of drug-likeness (QED) is 0.505. The van der Waals surface area contributed by atoms with Gasteiger partial charge in [0.15, 0.2) is 0 Å². The molecule has 0 nitrogen and oxygen atoms in total. The summed E-state index contributed by atoms with van der Waals surface area (Å²) in [4.78, 5) is 0. The van der Waals surface area contributed by atoms with Gasteiger partial charge in [0, 0.05) is 0 Å². The number of hydrogen-bond acceptors (Lipinski definition) is 0. The van der Waals surface area contributed by atoms with Crippen LogP contribution in [0.3, 0.4) is 0 Å². The zero-order valence-corrected chi connectivity index (χ0v) is 8.90. The van der Waals surface area contributed by atoms with Crippen molar-refractivity contribution in [3.63, 3.8) is 0 Å². The lowest BCUT2D eigenvalue weighted by Crippen LogP contribution is -1.91. The normalized spacial score (nSPS) is 12.4. The molecule has 0 N–H and O–H groups in total. The molecule has 1 rings (SSSR count). The van der Waals surface area contributed by atoms with E-state index in [4.69, 9.17) is 0 Å². The average molecular weight is 190 g/mol. The molecule has 1 unspecified atom stereocenters. The summed E-state index contributed by atoms with van der Waals surface area (Å²) in [5, 5.41) is 1.44. The Balaban J connectivity index is 2.28. The van der Waals surface area contributed by atoms with Crippen molar-refractivity contribution in [1.29, 1.82) is 0 Å². The molecule has 0 aromatic heterocycles. The first-order chi connectivity index (χ1) is 6.43. The predicted molar refractivity (Wildman–Crippen MR) is 63.2 cm³/mol. The zero-order chi connectivity index (χ0) is 9.36. The molecule has 0 saturated heterocycles. The van der Waals surface area contributed by atoms with E-state index in [9.17, 15) is 0 Å². The number of hydrogen-bond donors (Lipinski definition) is 0. The van der Waals surface area contributed by atoms with Gasteiger partial charge >= 0.3 is 0 Å². The lowest BCUT2D eigenvalue weighted by Gasteiger charge is -1.95. The lowest BCUT2D eigenvalue weighted by molar-refractivity contribution is 1.69. The van der Waals surface area contributed by atoms with Gasteiger partial charge in [-0.2, -0.15) is 0 Å². The third-order valence-corrected chi connectivity index (χ3v) is 2.82. The first kappa shape index (κ1) is 10.2. The highest BCUT2D eigenvalue weighted by Gasteiger charge is 1.86. The maximum atomic E-state index is 2.21. The van der Waals surface area contributed by atoms with Crippen molar-refractivity contribution in [1.82, 2.24) is 0 Å². The van der Waals surface area contributed by atoms with Crippen molar-refractivity contribution < 1.29 is 0 Å². The van der Waals surface area contributed by atoms with E-state index >= 15 is 0 Å². The average Bonchev–Trinajstić information content (AvgIpc) is 2.19. The van der Waals surface area contributed by atoms with Gasteiger partial charge in [0.1, 0.15) is 0 Å². The summed E-state index contributed by atoms with van der Waals surface area (Å²) in [5.74, 6) is 0. The lowest BCUT2D eigenvalue weighted by atomic mass is 10.4. The molecule has 0 fully saturated rings. The molecule has 0 radical (unpaired) electrons. The summed E-state index contributed by atoms with van der Waals surface area (Å²) in [7, 11) is 0.895. The topological polar surface area (TPSA) is 0 Å². The fraction of sp³-hybridized carbons (Fsp3) is 0.167. The molecule has 0 aliphatic heterocycles. The molecule has 68 valence electrons. The molecule has 0 bridgehead atoms. The molecule has 0 amide bonds. The third-order valence-electron chi connectivity index (χ3n) is 1.64. The SMILES string of the molecule is C/C=C\C=C/CPc1ccccc1. The van der Waals surface area contributed by atoms with Gasteiger partial charge < -0.3 is 0 Å². The maximum Gasteiger partial charge on any atom is -0.0129 e. The minimum atomic E-state index is 0.895. The van der Waals surface area contributed by atoms with Crippen LogP contribution in [0, 0.1) is 0 Å². The van der Waals surface area contributed by atoms with E-state index < -0.39 is 0 Å². The predicted octanol–water partition coefficient (Wildman–Crippen LogP) is 3.12. The van der Waals surface area contributed by atoms with Crippen LogP contribution in [0.25, 0.3) is 0 Å². The number of benzene rings is 1. The van der Waals surface area contributed by atoms with E-state index in [1.807, 2.05) is 13.0 Å². The number of rotatable bonds is 4. The van der Waals surface area contributed by atoms with Gasteiger partial charge in [-0.25, -0.2) is 0 Å². The molecular weight excluding hydrogens is 175 g/mol. The van der Waals surface area contributed by atoms with Crippen molar-refractivity contribution >= 4 is 13.9 Å². The summed E-state index contributed by atoms with van der Waals surface area (Å²) in [6.45, 7) is 2.03. The van der Waals surface area contributed by atoms with Crippen LogP contribution in [-0.2, 0) is 0 Å². The Kier molecular flexibility index (Phi) is 5.20. The van der Waals surface area contributed by atoms with Gasteiger partial charge in [-0.05, 0) is 18.4 Å². The summed E-state index contributed by atoms with van der Waals surface area (Å²) in [5.41, 5.74) is 0. The molecule has 13 heavy (non-hydrogen) atoms. The third kappa shape index (κ3) is 4.65. The van der Waals surface area contributed by atoms with Crippen LogP contribution in [0.1, 0.15) is 6.92 Å². The Morgan fingerprint density at radius 2 is 1.92 bits per heavy atom. The zero-order valence-electron chi connectivity index (χ0n) is 7.90. The Labute approximate surface area is 82.2 Å². The van der Waals surface area contributed by atoms with Gasteiger partial charge in [0.05, 0.1) is 0 Å². The van der Waals surface area contributed by atoms with Gasteiger partial charge in [0.25, 0.3) is 0 Å². The molecule has 1 aromatic carbocycles. The Hall–Kier alpha value is -0.870. The standard InChI is InChI=1S/C12H15P/c1-2-3-4-8-11-13-12-9-6-5-7-10-12/h2-10,13H,11H2,1H3/b3-2-,8-4-. The highest BCUT2D eigenvalue weighted by molar-refractivity contribution is 7.47. The summed E-state index contributed by atoms with van der Waals surface area (Å²) < 4.78 is 0. The monoisotopic (exact) mass is 190 g/mol. The second kappa shape index (κ2) is 6.62. The molecule has 0 spiro atoms. The van der Waals surface area contributed by atoms with E-state index in [1.54, 1.807) is 0 Å². The Morgan fingerprint density at radius 1 is 1.15 bits per heavy atom. The van der Waals surface area contributed by atoms with E-state index in [0.29, 0.717) is 0 Å². The van der Waals surface area contributed by atoms with Gasteiger partial charge in [-0.3, -0.25) is 0 Å².